The van der Waals surface area contributed by atoms with E-state index in [-0.39, 0.29) is 0 Å². The molecule has 0 amide bonds. The summed E-state index contributed by atoms with van der Waals surface area (Å²) in [5, 5.41) is 10.7. The van der Waals surface area contributed by atoms with Gasteiger partial charge in [0.1, 0.15) is 0 Å². The summed E-state index contributed by atoms with van der Waals surface area (Å²) in [4.78, 5) is 10.3. The average Bonchev–Trinajstić information content (AvgIpc) is 2.03. The van der Waals surface area contributed by atoms with Crippen molar-refractivity contribution in [3.63, 3.8) is 0 Å². The molecule has 0 fully saturated rings. The molecule has 0 spiro atoms. The van der Waals surface area contributed by atoms with Crippen molar-refractivity contribution in [3.8, 4) is 0 Å². The van der Waals surface area contributed by atoms with Crippen molar-refractivity contribution in [2.45, 2.75) is 42.9 Å². The number of hydrogen-bond acceptors (Lipinski definition) is 2. The van der Waals surface area contributed by atoms with Crippen LogP contribution in [0.3, 0.4) is 0 Å². The molecule has 3 nitrogen and oxygen atoms in total. The molecule has 0 bridgehead atoms. The van der Waals surface area contributed by atoms with E-state index in [1.807, 2.05) is 0 Å². The van der Waals surface area contributed by atoms with Gasteiger partial charge < -0.3 is 0 Å². The van der Waals surface area contributed by atoms with Gasteiger partial charge in [0.2, 0.25) is 0 Å². The second kappa shape index (κ2) is 7.59. The van der Waals surface area contributed by atoms with Gasteiger partial charge in [-0.1, -0.05) is 0 Å². The number of unbranched alkanes of at least 4 members (excludes halogenated alkanes) is 1. The molecule has 12 heavy (non-hydrogen) atoms. The van der Waals surface area contributed by atoms with E-state index < -0.39 is 12.0 Å². The van der Waals surface area contributed by atoms with Crippen LogP contribution in [0.25, 0.3) is 0 Å². The average molecular weight is 238 g/mol. The molecule has 4 heteroatoms. The summed E-state index contributed by atoms with van der Waals surface area (Å²) in [6.07, 6.45) is 3.13. The summed E-state index contributed by atoms with van der Waals surface area (Å²) in [6.45, 7) is 2.17. The molecule has 0 heterocycles. The molecule has 0 aliphatic rings. The van der Waals surface area contributed by atoms with Crippen LogP contribution >= 0.6 is 0 Å². The van der Waals surface area contributed by atoms with Crippen LogP contribution < -0.4 is 5.73 Å². The Labute approximate surface area is 79.9 Å². The second-order valence-corrected chi connectivity index (χ2v) is 5.27. The van der Waals surface area contributed by atoms with Gasteiger partial charge in [-0.15, -0.1) is 0 Å². The number of carbonyl (C=O) groups is 1. The first-order valence-corrected chi connectivity index (χ1v) is 6.67. The first-order chi connectivity index (χ1) is 5.68. The van der Waals surface area contributed by atoms with Crippen LogP contribution in [0.15, 0.2) is 0 Å². The summed E-state index contributed by atoms with van der Waals surface area (Å²) < 4.78 is 0. The van der Waals surface area contributed by atoms with Crippen LogP contribution in [0, 0.1) is 0 Å². The molecule has 0 aliphatic carbocycles. The second-order valence-electron chi connectivity index (χ2n) is 2.70. The Morgan fingerprint density at radius 2 is 2.25 bits per heavy atom. The summed E-state index contributed by atoms with van der Waals surface area (Å²) in [5.74, 6) is -0.874. The quantitative estimate of drug-likeness (QED) is 0.516. The van der Waals surface area contributed by atoms with Crippen LogP contribution in [-0.2, 0) is 4.79 Å². The van der Waals surface area contributed by atoms with Gasteiger partial charge in [0.15, 0.2) is 0 Å². The number of aliphatic carboxylic acids is 1. The molecule has 1 atom stereocenters. The topological polar surface area (TPSA) is 63.3 Å². The molecule has 0 saturated carbocycles. The Hall–Kier alpha value is -0.0505. The van der Waals surface area contributed by atoms with Crippen molar-refractivity contribution >= 4 is 20.9 Å². The maximum atomic E-state index is 10.3. The van der Waals surface area contributed by atoms with E-state index in [4.69, 9.17) is 10.8 Å². The standard InChI is InChI=1S/C8H17NO2Se/c1-2-3-5-12-6-4-7(9)8(10)11/h7H,2-6,9H2,1H3,(H,10,11)/t7-/m0/s1. The third-order valence-electron chi connectivity index (χ3n) is 1.53. The van der Waals surface area contributed by atoms with Gasteiger partial charge in [-0.2, -0.15) is 0 Å². The predicted octanol–water partition coefficient (Wildman–Crippen LogP) is 1.13. The summed E-state index contributed by atoms with van der Waals surface area (Å²) in [5.41, 5.74) is 5.34. The molecule has 3 N–H and O–H groups in total. The first-order valence-electron chi connectivity index (χ1n) is 4.24. The molecule has 0 rings (SSSR count). The number of hydrogen-bond donors (Lipinski definition) is 2. The zero-order valence-electron chi connectivity index (χ0n) is 7.45. The fourth-order valence-electron chi connectivity index (χ4n) is 0.682. The molecule has 0 aromatic heterocycles. The Kier molecular flexibility index (Phi) is 7.56. The SMILES string of the molecule is CCCC[Se]CC[C@H](N)C(=O)O. The normalized spacial score (nSPS) is 12.8. The molecule has 0 unspecified atom stereocenters. The number of carboxylic acids is 1. The molecule has 0 aliphatic heterocycles. The van der Waals surface area contributed by atoms with Crippen molar-refractivity contribution in [1.82, 2.24) is 0 Å². The Morgan fingerprint density at radius 3 is 2.75 bits per heavy atom. The molecule has 0 radical (unpaired) electrons. The van der Waals surface area contributed by atoms with Crippen LogP contribution in [0.2, 0.25) is 10.6 Å². The Morgan fingerprint density at radius 1 is 1.58 bits per heavy atom. The first kappa shape index (κ1) is 11.9. The van der Waals surface area contributed by atoms with Gasteiger partial charge in [0.25, 0.3) is 0 Å². The van der Waals surface area contributed by atoms with Gasteiger partial charge in [-0.25, -0.2) is 0 Å². The Bertz CT molecular complexity index is 130. The van der Waals surface area contributed by atoms with Crippen molar-refractivity contribution in [2.24, 2.45) is 5.73 Å². The van der Waals surface area contributed by atoms with E-state index in [2.05, 4.69) is 6.92 Å². The number of carboxylic acid groups (broad SMARTS) is 1. The Balaban J connectivity index is 3.14. The van der Waals surface area contributed by atoms with Crippen LogP contribution in [-0.4, -0.2) is 32.1 Å². The van der Waals surface area contributed by atoms with Crippen LogP contribution in [0.5, 0.6) is 0 Å². The van der Waals surface area contributed by atoms with Gasteiger partial charge >= 0.3 is 79.4 Å². The maximum absolute atomic E-state index is 10.3. The molecule has 0 aromatic rings. The van der Waals surface area contributed by atoms with Gasteiger partial charge in [-0.3, -0.25) is 0 Å². The van der Waals surface area contributed by atoms with E-state index in [0.29, 0.717) is 21.4 Å². The molecular formula is C8H17NO2Se. The zero-order chi connectivity index (χ0) is 9.40. The zero-order valence-corrected chi connectivity index (χ0v) is 9.17. The molecule has 72 valence electrons. The fraction of sp³-hybridized carbons (Fsp3) is 0.875. The van der Waals surface area contributed by atoms with E-state index in [1.165, 1.54) is 18.2 Å². The van der Waals surface area contributed by atoms with E-state index in [9.17, 15) is 4.79 Å². The van der Waals surface area contributed by atoms with Crippen molar-refractivity contribution < 1.29 is 9.90 Å². The molecule has 0 aromatic carbocycles. The number of nitrogens with two attached hydrogens (primary N) is 1. The van der Waals surface area contributed by atoms with Crippen molar-refractivity contribution in [2.75, 3.05) is 0 Å². The molecule has 0 saturated heterocycles. The monoisotopic (exact) mass is 239 g/mol. The van der Waals surface area contributed by atoms with Gasteiger partial charge in [-0.05, 0) is 0 Å². The summed E-state index contributed by atoms with van der Waals surface area (Å²) in [7, 11) is 0. The molecular weight excluding hydrogens is 221 g/mol. The van der Waals surface area contributed by atoms with Crippen molar-refractivity contribution in [1.29, 1.82) is 0 Å². The third kappa shape index (κ3) is 6.65. The van der Waals surface area contributed by atoms with Crippen molar-refractivity contribution in [3.05, 3.63) is 0 Å². The van der Waals surface area contributed by atoms with E-state index in [0.717, 1.165) is 5.32 Å². The van der Waals surface area contributed by atoms with Crippen LogP contribution in [0.1, 0.15) is 26.2 Å². The van der Waals surface area contributed by atoms with E-state index in [1.54, 1.807) is 0 Å². The van der Waals surface area contributed by atoms with E-state index >= 15 is 0 Å². The summed E-state index contributed by atoms with van der Waals surface area (Å²) >= 11 is 0.600. The number of rotatable bonds is 7. The predicted molar refractivity (Wildman–Crippen MR) is 50.5 cm³/mol. The van der Waals surface area contributed by atoms with Gasteiger partial charge in [0, 0.05) is 0 Å². The van der Waals surface area contributed by atoms with Crippen LogP contribution in [0.4, 0.5) is 0 Å². The summed E-state index contributed by atoms with van der Waals surface area (Å²) in [6, 6.07) is -0.645. The minimum atomic E-state index is -0.874. The fourth-order valence-corrected chi connectivity index (χ4v) is 3.03. The third-order valence-corrected chi connectivity index (χ3v) is 3.84. The minimum absolute atomic E-state index is 0.600. The van der Waals surface area contributed by atoms with Gasteiger partial charge in [0.05, 0.1) is 0 Å².